The molecule has 0 aliphatic carbocycles. The molecule has 0 unspecified atom stereocenters. The zero-order valence-electron chi connectivity index (χ0n) is 16.2. The highest BCUT2D eigenvalue weighted by Gasteiger charge is 2.31. The van der Waals surface area contributed by atoms with Crippen LogP contribution in [0.5, 0.6) is 0 Å². The molecule has 1 aliphatic heterocycles. The molecule has 4 rings (SSSR count). The normalized spacial score (nSPS) is 14.6. The van der Waals surface area contributed by atoms with Gasteiger partial charge in [-0.1, -0.05) is 30.3 Å². The summed E-state index contributed by atoms with van der Waals surface area (Å²) in [5.74, 6) is -0.263. The molecule has 6 heteroatoms. The lowest BCUT2D eigenvalue weighted by molar-refractivity contribution is 0.391. The third kappa shape index (κ3) is 3.98. The van der Waals surface area contributed by atoms with E-state index >= 15 is 0 Å². The third-order valence-electron chi connectivity index (χ3n) is 5.36. The minimum Gasteiger partial charge on any atom is -0.207 e. The van der Waals surface area contributed by atoms with Crippen molar-refractivity contribution in [3.63, 3.8) is 0 Å². The molecule has 3 nitrogen and oxygen atoms in total. The number of fused-ring (bicyclic) bond motifs is 1. The van der Waals surface area contributed by atoms with Crippen LogP contribution < -0.4 is 0 Å². The summed E-state index contributed by atoms with van der Waals surface area (Å²) in [7, 11) is -3.57. The molecular formula is C23H21FINO2S. The highest BCUT2D eigenvalue weighted by atomic mass is 127. The van der Waals surface area contributed by atoms with E-state index in [-0.39, 0.29) is 5.82 Å². The summed E-state index contributed by atoms with van der Waals surface area (Å²) in [4.78, 5) is 0.415. The van der Waals surface area contributed by atoms with Crippen LogP contribution in [-0.2, 0) is 23.0 Å². The van der Waals surface area contributed by atoms with Crippen molar-refractivity contribution in [3.05, 3.63) is 86.2 Å². The Morgan fingerprint density at radius 1 is 0.931 bits per heavy atom. The molecule has 0 N–H and O–H groups in total. The lowest BCUT2D eigenvalue weighted by atomic mass is 9.95. The molecule has 1 aliphatic rings. The fraction of sp³-hybridized carbons (Fsp3) is 0.217. The second kappa shape index (κ2) is 7.81. The van der Waals surface area contributed by atoms with Crippen molar-refractivity contribution in [2.45, 2.75) is 31.7 Å². The van der Waals surface area contributed by atoms with Crippen LogP contribution in [0, 0.1) is 23.2 Å². The lowest BCUT2D eigenvalue weighted by Crippen LogP contribution is -2.36. The van der Waals surface area contributed by atoms with Crippen LogP contribution in [0.15, 0.2) is 59.5 Å². The summed E-state index contributed by atoms with van der Waals surface area (Å²) in [6.07, 6.45) is 0.639. The molecular weight excluding hydrogens is 500 g/mol. The summed E-state index contributed by atoms with van der Waals surface area (Å²) in [6.45, 7) is 4.50. The summed E-state index contributed by atoms with van der Waals surface area (Å²) < 4.78 is 42.9. The highest BCUT2D eigenvalue weighted by molar-refractivity contribution is 14.1. The van der Waals surface area contributed by atoms with E-state index in [0.717, 1.165) is 37.0 Å². The van der Waals surface area contributed by atoms with E-state index in [9.17, 15) is 12.8 Å². The second-order valence-corrected chi connectivity index (χ2v) is 10.6. The van der Waals surface area contributed by atoms with Gasteiger partial charge in [0, 0.05) is 16.7 Å². The average Bonchev–Trinajstić information content (AvgIpc) is 2.66. The van der Waals surface area contributed by atoms with Gasteiger partial charge in [-0.15, -0.1) is 0 Å². The fourth-order valence-electron chi connectivity index (χ4n) is 4.01. The topological polar surface area (TPSA) is 37.4 Å². The second-order valence-electron chi connectivity index (χ2n) is 7.45. The van der Waals surface area contributed by atoms with Crippen molar-refractivity contribution in [2.24, 2.45) is 0 Å². The van der Waals surface area contributed by atoms with Crippen molar-refractivity contribution in [1.82, 2.24) is 4.31 Å². The minimum atomic E-state index is -3.57. The van der Waals surface area contributed by atoms with Crippen molar-refractivity contribution in [1.29, 1.82) is 0 Å². The van der Waals surface area contributed by atoms with Crippen LogP contribution in [0.3, 0.4) is 0 Å². The van der Waals surface area contributed by atoms with Gasteiger partial charge in [-0.05, 0) is 101 Å². The minimum absolute atomic E-state index is 0.263. The van der Waals surface area contributed by atoms with Crippen LogP contribution in [0.4, 0.5) is 4.39 Å². The first-order chi connectivity index (χ1) is 13.8. The number of sulfonamides is 1. The summed E-state index contributed by atoms with van der Waals surface area (Å²) in [6, 6.07) is 16.3. The van der Waals surface area contributed by atoms with Crippen LogP contribution >= 0.6 is 22.6 Å². The predicted octanol–water partition coefficient (Wildman–Crippen LogP) is 5.46. The first kappa shape index (κ1) is 20.5. The van der Waals surface area contributed by atoms with E-state index in [1.165, 1.54) is 12.1 Å². The third-order valence-corrected chi connectivity index (χ3v) is 8.14. The number of hydrogen-bond donors (Lipinski definition) is 0. The summed E-state index contributed by atoms with van der Waals surface area (Å²) >= 11 is 2.21. The highest BCUT2D eigenvalue weighted by Crippen LogP contribution is 2.31. The molecule has 1 heterocycles. The predicted molar refractivity (Wildman–Crippen MR) is 122 cm³/mol. The molecule has 0 fully saturated rings. The van der Waals surface area contributed by atoms with Crippen molar-refractivity contribution in [2.75, 3.05) is 6.54 Å². The van der Waals surface area contributed by atoms with Gasteiger partial charge in [0.25, 0.3) is 0 Å². The van der Waals surface area contributed by atoms with Crippen LogP contribution in [0.2, 0.25) is 0 Å². The number of halogens is 2. The molecule has 29 heavy (non-hydrogen) atoms. The summed E-state index contributed by atoms with van der Waals surface area (Å²) in [5, 5.41) is 0. The first-order valence-corrected chi connectivity index (χ1v) is 11.9. The maximum Gasteiger partial charge on any atom is 0.243 e. The standard InChI is InChI=1S/C23H21FINO2S/c1-15-10-22(25)11-16(2)23(15)29(27,28)26-9-8-19-12-18(6-7-20(19)14-26)17-4-3-5-21(24)13-17/h3-7,10-13H,8-9,14H2,1-2H3. The Kier molecular flexibility index (Phi) is 5.52. The van der Waals surface area contributed by atoms with Crippen LogP contribution in [-0.4, -0.2) is 19.3 Å². The van der Waals surface area contributed by atoms with Gasteiger partial charge in [-0.3, -0.25) is 0 Å². The van der Waals surface area contributed by atoms with E-state index in [0.29, 0.717) is 24.4 Å². The smallest absolute Gasteiger partial charge is 0.207 e. The molecule has 0 aromatic heterocycles. The summed E-state index contributed by atoms with van der Waals surface area (Å²) in [5.41, 5.74) is 5.45. The number of hydrogen-bond acceptors (Lipinski definition) is 2. The average molecular weight is 521 g/mol. The zero-order valence-corrected chi connectivity index (χ0v) is 19.2. The van der Waals surface area contributed by atoms with E-state index in [4.69, 9.17) is 0 Å². The lowest BCUT2D eigenvalue weighted by Gasteiger charge is -2.29. The first-order valence-electron chi connectivity index (χ1n) is 9.40. The maximum absolute atomic E-state index is 13.6. The quantitative estimate of drug-likeness (QED) is 0.430. The van der Waals surface area contributed by atoms with Crippen molar-refractivity contribution < 1.29 is 12.8 Å². The van der Waals surface area contributed by atoms with E-state index in [1.807, 2.05) is 44.2 Å². The van der Waals surface area contributed by atoms with E-state index in [1.54, 1.807) is 10.4 Å². The van der Waals surface area contributed by atoms with Crippen LogP contribution in [0.1, 0.15) is 22.3 Å². The Hall–Kier alpha value is -1.77. The molecule has 0 bridgehead atoms. The SMILES string of the molecule is Cc1cc(I)cc(C)c1S(=O)(=O)N1CCc2cc(-c3cccc(F)c3)ccc2C1. The molecule has 0 amide bonds. The van der Waals surface area contributed by atoms with E-state index < -0.39 is 10.0 Å². The maximum atomic E-state index is 13.6. The molecule has 0 atom stereocenters. The van der Waals surface area contributed by atoms with Gasteiger partial charge >= 0.3 is 0 Å². The van der Waals surface area contributed by atoms with E-state index in [2.05, 4.69) is 28.7 Å². The molecule has 3 aromatic rings. The monoisotopic (exact) mass is 521 g/mol. The molecule has 0 saturated heterocycles. The molecule has 150 valence electrons. The van der Waals surface area contributed by atoms with Crippen molar-refractivity contribution >= 4 is 32.6 Å². The van der Waals surface area contributed by atoms with Gasteiger partial charge in [0.05, 0.1) is 4.90 Å². The number of nitrogens with zero attached hydrogens (tertiary/aromatic N) is 1. The Balaban J connectivity index is 1.66. The molecule has 0 spiro atoms. The molecule has 0 saturated carbocycles. The van der Waals surface area contributed by atoms with Gasteiger partial charge in [0.1, 0.15) is 5.82 Å². The van der Waals surface area contributed by atoms with Crippen molar-refractivity contribution in [3.8, 4) is 11.1 Å². The van der Waals surface area contributed by atoms with Crippen LogP contribution in [0.25, 0.3) is 11.1 Å². The number of aryl methyl sites for hydroxylation is 2. The number of benzene rings is 3. The Morgan fingerprint density at radius 3 is 2.31 bits per heavy atom. The Bertz CT molecular complexity index is 1180. The fourth-order valence-corrected chi connectivity index (χ4v) is 6.78. The Labute approximate surface area is 184 Å². The molecule has 3 aromatic carbocycles. The zero-order chi connectivity index (χ0) is 20.8. The number of rotatable bonds is 3. The van der Waals surface area contributed by atoms with Gasteiger partial charge in [0.2, 0.25) is 10.0 Å². The van der Waals surface area contributed by atoms with Gasteiger partial charge < -0.3 is 0 Å². The Morgan fingerprint density at radius 2 is 1.62 bits per heavy atom. The van der Waals surface area contributed by atoms with Gasteiger partial charge in [-0.25, -0.2) is 12.8 Å². The molecule has 0 radical (unpaired) electrons. The van der Waals surface area contributed by atoms with Gasteiger partial charge in [-0.2, -0.15) is 4.31 Å². The van der Waals surface area contributed by atoms with Gasteiger partial charge in [0.15, 0.2) is 0 Å². The largest absolute Gasteiger partial charge is 0.243 e.